The van der Waals surface area contributed by atoms with Gasteiger partial charge in [-0.25, -0.2) is 9.13 Å². The summed E-state index contributed by atoms with van der Waals surface area (Å²) in [5, 5.41) is 8.94. The van der Waals surface area contributed by atoms with Gasteiger partial charge in [0.25, 0.3) is 0 Å². The number of benzene rings is 1. The fourth-order valence-electron chi connectivity index (χ4n) is 3.06. The molecule has 124 valence electrons. The molecule has 7 nitrogen and oxygen atoms in total. The van der Waals surface area contributed by atoms with Gasteiger partial charge in [0.15, 0.2) is 0 Å². The normalized spacial score (nSPS) is 16.0. The minimum absolute atomic E-state index is 0.0618. The minimum atomic E-state index is -0.818. The second kappa shape index (κ2) is 6.97. The van der Waals surface area contributed by atoms with Crippen molar-refractivity contribution in [3.8, 4) is 0 Å². The van der Waals surface area contributed by atoms with E-state index in [4.69, 9.17) is 15.6 Å². The zero-order chi connectivity index (χ0) is 16.2. The molecule has 1 aliphatic heterocycles. The Hall–Kier alpha value is -2.12. The summed E-state index contributed by atoms with van der Waals surface area (Å²) in [6.45, 7) is 5.51. The molecule has 1 saturated heterocycles. The van der Waals surface area contributed by atoms with Gasteiger partial charge in [-0.05, 0) is 12.1 Å². The van der Waals surface area contributed by atoms with E-state index in [-0.39, 0.29) is 6.42 Å². The number of rotatable bonds is 6. The van der Waals surface area contributed by atoms with E-state index in [2.05, 4.69) is 9.47 Å². The van der Waals surface area contributed by atoms with Crippen LogP contribution in [0.1, 0.15) is 6.42 Å². The van der Waals surface area contributed by atoms with Gasteiger partial charge in [-0.1, -0.05) is 12.1 Å². The summed E-state index contributed by atoms with van der Waals surface area (Å²) in [4.78, 5) is 13.2. The van der Waals surface area contributed by atoms with Crippen molar-refractivity contribution in [2.75, 3.05) is 38.6 Å². The Morgan fingerprint density at radius 2 is 2.00 bits per heavy atom. The van der Waals surface area contributed by atoms with Gasteiger partial charge in [-0.15, -0.1) is 0 Å². The fraction of sp³-hybridized carbons (Fsp3) is 0.500. The lowest BCUT2D eigenvalue weighted by Gasteiger charge is -2.25. The minimum Gasteiger partial charge on any atom is -0.481 e. The van der Waals surface area contributed by atoms with Crippen molar-refractivity contribution in [2.24, 2.45) is 0 Å². The number of para-hydroxylation sites is 2. The Kier molecular flexibility index (Phi) is 4.78. The van der Waals surface area contributed by atoms with Gasteiger partial charge in [-0.2, -0.15) is 0 Å². The number of hydrogen-bond acceptors (Lipinski definition) is 4. The topological polar surface area (TPSA) is 84.6 Å². The zero-order valence-corrected chi connectivity index (χ0v) is 13.1. The Morgan fingerprint density at radius 1 is 1.26 bits per heavy atom. The molecule has 3 N–H and O–H groups in total. The molecule has 1 aromatic heterocycles. The molecule has 0 atom stereocenters. The van der Waals surface area contributed by atoms with E-state index in [1.54, 1.807) is 0 Å². The molecule has 23 heavy (non-hydrogen) atoms. The Bertz CT molecular complexity index is 692. The van der Waals surface area contributed by atoms with Crippen LogP contribution in [-0.2, 0) is 22.6 Å². The summed E-state index contributed by atoms with van der Waals surface area (Å²) in [5.41, 5.74) is 8.33. The highest BCUT2D eigenvalue weighted by molar-refractivity contribution is 5.74. The lowest BCUT2D eigenvalue weighted by atomic mass is 10.3. The van der Waals surface area contributed by atoms with E-state index >= 15 is 0 Å². The molecular weight excluding hydrogens is 296 g/mol. The number of carboxylic acids is 1. The second-order valence-electron chi connectivity index (χ2n) is 5.75. The van der Waals surface area contributed by atoms with E-state index < -0.39 is 5.97 Å². The number of nitrogen functional groups attached to an aromatic ring is 1. The van der Waals surface area contributed by atoms with Crippen LogP contribution in [0.2, 0.25) is 0 Å². The molecule has 0 spiro atoms. The number of aromatic nitrogens is 2. The summed E-state index contributed by atoms with van der Waals surface area (Å²) in [6, 6.07) is 7.95. The molecule has 0 saturated carbocycles. The maximum atomic E-state index is 10.9. The molecule has 7 heteroatoms. The third kappa shape index (κ3) is 3.46. The maximum absolute atomic E-state index is 10.9. The highest BCUT2D eigenvalue weighted by Crippen LogP contribution is 2.16. The van der Waals surface area contributed by atoms with E-state index in [1.165, 1.54) is 0 Å². The van der Waals surface area contributed by atoms with Crippen molar-refractivity contribution >= 4 is 23.0 Å². The number of fused-ring (bicyclic) bond motifs is 1. The van der Waals surface area contributed by atoms with E-state index in [1.807, 2.05) is 28.8 Å². The predicted octanol–water partition coefficient (Wildman–Crippen LogP) is 0.318. The molecule has 0 unspecified atom stereocenters. The number of ether oxygens (including phenoxy) is 1. The van der Waals surface area contributed by atoms with Gasteiger partial charge >= 0.3 is 11.9 Å². The van der Waals surface area contributed by atoms with Crippen molar-refractivity contribution < 1.29 is 19.2 Å². The Labute approximate surface area is 134 Å². The molecule has 0 aliphatic carbocycles. The van der Waals surface area contributed by atoms with Crippen LogP contribution in [0.15, 0.2) is 24.3 Å². The Morgan fingerprint density at radius 3 is 2.74 bits per heavy atom. The largest absolute Gasteiger partial charge is 0.481 e. The molecule has 1 fully saturated rings. The molecule has 2 aromatic rings. The first-order valence-corrected chi connectivity index (χ1v) is 7.95. The van der Waals surface area contributed by atoms with Crippen LogP contribution in [0.5, 0.6) is 0 Å². The van der Waals surface area contributed by atoms with Gasteiger partial charge in [0.05, 0.1) is 32.7 Å². The van der Waals surface area contributed by atoms with Crippen molar-refractivity contribution in [3.63, 3.8) is 0 Å². The third-order valence-corrected chi connectivity index (χ3v) is 4.31. The lowest BCUT2D eigenvalue weighted by Crippen LogP contribution is -2.45. The highest BCUT2D eigenvalue weighted by atomic mass is 16.5. The van der Waals surface area contributed by atoms with E-state index in [0.717, 1.165) is 50.4 Å². The number of aryl methyl sites for hydroxylation is 1. The number of hydrogen-bond donors (Lipinski definition) is 2. The van der Waals surface area contributed by atoms with Gasteiger partial charge in [0.2, 0.25) is 0 Å². The van der Waals surface area contributed by atoms with Crippen molar-refractivity contribution in [2.45, 2.75) is 19.5 Å². The molecule has 3 rings (SSSR count). The summed E-state index contributed by atoms with van der Waals surface area (Å²) < 4.78 is 9.34. The lowest BCUT2D eigenvalue weighted by molar-refractivity contribution is -0.657. The maximum Gasteiger partial charge on any atom is 0.356 e. The van der Waals surface area contributed by atoms with Gasteiger partial charge < -0.3 is 9.84 Å². The molecular formula is C16H23N4O3+. The summed E-state index contributed by atoms with van der Waals surface area (Å²) in [6.07, 6.45) is 0.0618. The van der Waals surface area contributed by atoms with Crippen LogP contribution in [0.3, 0.4) is 0 Å². The SMILES string of the molecule is Nc1n(CCC(=O)O)c2ccccc2[n+]1CCN1CCOCC1. The third-order valence-electron chi connectivity index (χ3n) is 4.31. The van der Waals surface area contributed by atoms with Gasteiger partial charge in [0.1, 0.15) is 11.0 Å². The van der Waals surface area contributed by atoms with Crippen LogP contribution in [-0.4, -0.2) is 53.4 Å². The van der Waals surface area contributed by atoms with Crippen LogP contribution >= 0.6 is 0 Å². The van der Waals surface area contributed by atoms with Gasteiger partial charge in [-0.3, -0.25) is 15.4 Å². The summed E-state index contributed by atoms with van der Waals surface area (Å²) in [5.74, 6) is -0.206. The molecule has 1 aromatic carbocycles. The van der Waals surface area contributed by atoms with Crippen LogP contribution in [0.25, 0.3) is 11.0 Å². The molecule has 0 amide bonds. The van der Waals surface area contributed by atoms with Crippen LogP contribution in [0.4, 0.5) is 5.95 Å². The number of morpholine rings is 1. The number of nitrogens with two attached hydrogens (primary N) is 1. The predicted molar refractivity (Wildman–Crippen MR) is 86.1 cm³/mol. The standard InChI is InChI=1S/C16H22N4O3/c17-16-19(6-5-15(21)22)13-3-1-2-4-14(13)20(16)8-7-18-9-11-23-12-10-18/h1-4,17H,5-12H2,(H,21,22)/p+1. The van der Waals surface area contributed by atoms with Crippen molar-refractivity contribution in [1.82, 2.24) is 9.47 Å². The van der Waals surface area contributed by atoms with Crippen LogP contribution < -0.4 is 10.3 Å². The van der Waals surface area contributed by atoms with Crippen LogP contribution in [0, 0.1) is 0 Å². The zero-order valence-electron chi connectivity index (χ0n) is 13.1. The van der Waals surface area contributed by atoms with E-state index in [9.17, 15) is 4.79 Å². The first kappa shape index (κ1) is 15.8. The summed E-state index contributed by atoms with van der Waals surface area (Å²) in [7, 11) is 0. The molecule has 0 radical (unpaired) electrons. The molecule has 2 heterocycles. The quantitative estimate of drug-likeness (QED) is 0.749. The van der Waals surface area contributed by atoms with Crippen molar-refractivity contribution in [3.05, 3.63) is 24.3 Å². The Balaban J connectivity index is 1.83. The first-order chi connectivity index (χ1) is 11.2. The highest BCUT2D eigenvalue weighted by Gasteiger charge is 2.22. The number of nitrogens with zero attached hydrogens (tertiary/aromatic N) is 3. The number of imidazole rings is 1. The van der Waals surface area contributed by atoms with Crippen molar-refractivity contribution in [1.29, 1.82) is 0 Å². The second-order valence-corrected chi connectivity index (χ2v) is 5.75. The first-order valence-electron chi connectivity index (χ1n) is 7.95. The fourth-order valence-corrected chi connectivity index (χ4v) is 3.06. The average molecular weight is 319 g/mol. The van der Waals surface area contributed by atoms with Gasteiger partial charge in [0, 0.05) is 19.6 Å². The molecule has 1 aliphatic rings. The number of aliphatic carboxylic acids is 1. The number of carbonyl (C=O) groups is 1. The smallest absolute Gasteiger partial charge is 0.356 e. The monoisotopic (exact) mass is 319 g/mol. The average Bonchev–Trinajstić information content (AvgIpc) is 2.83. The number of anilines is 1. The summed E-state index contributed by atoms with van der Waals surface area (Å²) >= 11 is 0. The molecule has 0 bridgehead atoms. The van der Waals surface area contributed by atoms with E-state index in [0.29, 0.717) is 12.5 Å². The number of carboxylic acid groups (broad SMARTS) is 1.